The fourth-order valence-electron chi connectivity index (χ4n) is 2.16. The van der Waals surface area contributed by atoms with Crippen LogP contribution in [-0.4, -0.2) is 49.2 Å². The summed E-state index contributed by atoms with van der Waals surface area (Å²) in [6.07, 6.45) is 0.347. The first-order chi connectivity index (χ1) is 9.38. The minimum atomic E-state index is -1.09. The van der Waals surface area contributed by atoms with E-state index in [1.165, 1.54) is 0 Å². The third-order valence-corrected chi connectivity index (χ3v) is 5.06. The molecule has 1 aromatic heterocycles. The van der Waals surface area contributed by atoms with Gasteiger partial charge in [0.05, 0.1) is 18.9 Å². The van der Waals surface area contributed by atoms with Gasteiger partial charge >= 0.3 is 5.97 Å². The fraction of sp³-hybridized carbons (Fsp3) is 0.692. The van der Waals surface area contributed by atoms with E-state index in [1.807, 2.05) is 0 Å². The molecule has 7 heteroatoms. The number of carboxylic acid groups (broad SMARTS) is 1. The molecule has 0 bridgehead atoms. The lowest BCUT2D eigenvalue weighted by Gasteiger charge is -2.23. The molecule has 0 radical (unpaired) electrons. The Balaban J connectivity index is 1.94. The third kappa shape index (κ3) is 3.68. The van der Waals surface area contributed by atoms with Gasteiger partial charge in [-0.3, -0.25) is 5.10 Å². The molecule has 1 aliphatic heterocycles. The number of nitrogens with one attached hydrogen (secondary N) is 1. The van der Waals surface area contributed by atoms with Gasteiger partial charge in [0, 0.05) is 26.7 Å². The number of hydrogen-bond donors (Lipinski definition) is 2. The van der Waals surface area contributed by atoms with Gasteiger partial charge in [-0.05, 0) is 6.04 Å². The molecule has 1 unspecified atom stereocenters. The number of hydrogen-bond acceptors (Lipinski definition) is 4. The van der Waals surface area contributed by atoms with Crippen molar-refractivity contribution in [2.75, 3.05) is 19.8 Å². The highest BCUT2D eigenvalue weighted by Gasteiger charge is 2.28. The second kappa shape index (κ2) is 6.07. The Labute approximate surface area is 119 Å². The minimum Gasteiger partial charge on any atom is -0.476 e. The summed E-state index contributed by atoms with van der Waals surface area (Å²) >= 11 is 0. The van der Waals surface area contributed by atoms with Gasteiger partial charge in [-0.15, -0.1) is 0 Å². The van der Waals surface area contributed by atoms with Crippen LogP contribution in [0.5, 0.6) is 0 Å². The molecule has 0 saturated carbocycles. The van der Waals surface area contributed by atoms with Crippen LogP contribution in [0, 0.1) is 0 Å². The maximum Gasteiger partial charge on any atom is 0.356 e. The summed E-state index contributed by atoms with van der Waals surface area (Å²) in [5.41, 5.74) is 1.61. The highest BCUT2D eigenvalue weighted by Crippen LogP contribution is 2.27. The first kappa shape index (κ1) is 15.2. The van der Waals surface area contributed by atoms with Crippen LogP contribution in [0.25, 0.3) is 0 Å². The van der Waals surface area contributed by atoms with Gasteiger partial charge in [-0.2, -0.15) is 5.10 Å². The van der Waals surface area contributed by atoms with Crippen LogP contribution in [0.2, 0.25) is 25.7 Å². The van der Waals surface area contributed by atoms with E-state index >= 15 is 0 Å². The van der Waals surface area contributed by atoms with Crippen molar-refractivity contribution in [2.24, 2.45) is 0 Å². The Bertz CT molecular complexity index is 481. The maximum atomic E-state index is 11.1. The average Bonchev–Trinajstić information content (AvgIpc) is 2.78. The quantitative estimate of drug-likeness (QED) is 0.620. The average molecular weight is 298 g/mol. The number of aromatic carboxylic acids is 1. The monoisotopic (exact) mass is 298 g/mol. The van der Waals surface area contributed by atoms with E-state index in [9.17, 15) is 4.79 Å². The summed E-state index contributed by atoms with van der Waals surface area (Å²) in [6, 6.07) is 1.11. The van der Waals surface area contributed by atoms with E-state index < -0.39 is 14.0 Å². The van der Waals surface area contributed by atoms with E-state index in [2.05, 4.69) is 29.8 Å². The molecule has 2 rings (SSSR count). The van der Waals surface area contributed by atoms with Gasteiger partial charge < -0.3 is 14.6 Å². The standard InChI is InChI=1S/C13H22N2O4Si/c1-20(2,3)7-6-18-8-10-11-9(4-5-19-10)12(13(16)17)15-14-11/h10H,4-8H2,1-3H3,(H,14,15)(H,16,17). The number of nitrogens with zero attached hydrogens (tertiary/aromatic N) is 1. The second-order valence-corrected chi connectivity index (χ2v) is 11.9. The number of rotatable bonds is 6. The van der Waals surface area contributed by atoms with Crippen LogP contribution in [0.3, 0.4) is 0 Å². The normalized spacial score (nSPS) is 18.9. The van der Waals surface area contributed by atoms with Gasteiger partial charge in [0.1, 0.15) is 6.10 Å². The van der Waals surface area contributed by atoms with E-state index in [0.717, 1.165) is 23.9 Å². The molecule has 0 saturated heterocycles. The number of carbonyl (C=O) groups is 1. The first-order valence-electron chi connectivity index (χ1n) is 6.88. The molecule has 0 fully saturated rings. The topological polar surface area (TPSA) is 84.4 Å². The van der Waals surface area contributed by atoms with E-state index in [-0.39, 0.29) is 11.8 Å². The number of ether oxygens (including phenoxy) is 2. The highest BCUT2D eigenvalue weighted by molar-refractivity contribution is 6.76. The Morgan fingerprint density at radius 3 is 2.95 bits per heavy atom. The molecule has 0 amide bonds. The zero-order chi connectivity index (χ0) is 14.8. The SMILES string of the molecule is C[Si](C)(C)CCOCC1OCCc2c(C(=O)O)n[nH]c21. The predicted octanol–water partition coefficient (Wildman–Crippen LogP) is 2.08. The summed E-state index contributed by atoms with van der Waals surface area (Å²) in [5, 5.41) is 15.7. The van der Waals surface area contributed by atoms with E-state index in [1.54, 1.807) is 0 Å². The zero-order valence-corrected chi connectivity index (χ0v) is 13.2. The maximum absolute atomic E-state index is 11.1. The smallest absolute Gasteiger partial charge is 0.356 e. The Kier molecular flexibility index (Phi) is 4.61. The molecule has 20 heavy (non-hydrogen) atoms. The van der Waals surface area contributed by atoms with Crippen LogP contribution in [0.4, 0.5) is 0 Å². The third-order valence-electron chi connectivity index (χ3n) is 3.36. The molecule has 112 valence electrons. The number of aromatic nitrogens is 2. The van der Waals surface area contributed by atoms with Crippen molar-refractivity contribution in [1.82, 2.24) is 10.2 Å². The summed E-state index contributed by atoms with van der Waals surface area (Å²) in [4.78, 5) is 11.1. The van der Waals surface area contributed by atoms with Crippen molar-refractivity contribution in [1.29, 1.82) is 0 Å². The van der Waals surface area contributed by atoms with Crippen molar-refractivity contribution in [3.8, 4) is 0 Å². The summed E-state index contributed by atoms with van der Waals surface area (Å²) in [5.74, 6) is -0.997. The minimum absolute atomic E-state index is 0.107. The number of carboxylic acids is 1. The van der Waals surface area contributed by atoms with Crippen molar-refractivity contribution in [2.45, 2.75) is 38.2 Å². The molecule has 0 spiro atoms. The van der Waals surface area contributed by atoms with Crippen LogP contribution in [0.15, 0.2) is 0 Å². The largest absolute Gasteiger partial charge is 0.476 e. The lowest BCUT2D eigenvalue weighted by atomic mass is 10.0. The molecule has 2 heterocycles. The Morgan fingerprint density at radius 2 is 2.30 bits per heavy atom. The van der Waals surface area contributed by atoms with Gasteiger partial charge in [0.2, 0.25) is 0 Å². The highest BCUT2D eigenvalue weighted by atomic mass is 28.3. The summed E-state index contributed by atoms with van der Waals surface area (Å²) in [6.45, 7) is 8.59. The van der Waals surface area contributed by atoms with Gasteiger partial charge in [-0.25, -0.2) is 4.79 Å². The molecule has 0 aliphatic carbocycles. The first-order valence-corrected chi connectivity index (χ1v) is 10.6. The Morgan fingerprint density at radius 1 is 1.55 bits per heavy atom. The van der Waals surface area contributed by atoms with Crippen molar-refractivity contribution < 1.29 is 19.4 Å². The summed E-state index contributed by atoms with van der Waals surface area (Å²) in [7, 11) is -1.09. The van der Waals surface area contributed by atoms with E-state index in [4.69, 9.17) is 14.6 Å². The fourth-order valence-corrected chi connectivity index (χ4v) is 2.92. The molecule has 1 aliphatic rings. The lowest BCUT2D eigenvalue weighted by Crippen LogP contribution is -2.24. The van der Waals surface area contributed by atoms with Crippen LogP contribution in [0.1, 0.15) is 27.8 Å². The Hall–Kier alpha value is -1.18. The molecule has 1 aromatic rings. The van der Waals surface area contributed by atoms with Crippen molar-refractivity contribution >= 4 is 14.0 Å². The number of aromatic amines is 1. The van der Waals surface area contributed by atoms with Gasteiger partial charge in [0.15, 0.2) is 5.69 Å². The van der Waals surface area contributed by atoms with Crippen molar-refractivity contribution in [3.63, 3.8) is 0 Å². The van der Waals surface area contributed by atoms with E-state index in [0.29, 0.717) is 19.6 Å². The molecule has 2 N–H and O–H groups in total. The van der Waals surface area contributed by atoms with Crippen LogP contribution >= 0.6 is 0 Å². The van der Waals surface area contributed by atoms with Crippen LogP contribution < -0.4 is 0 Å². The van der Waals surface area contributed by atoms with Crippen LogP contribution in [-0.2, 0) is 15.9 Å². The molecular formula is C13H22N2O4Si. The second-order valence-electron chi connectivity index (χ2n) is 6.26. The molecular weight excluding hydrogens is 276 g/mol. The lowest BCUT2D eigenvalue weighted by molar-refractivity contribution is -0.0244. The number of fused-ring (bicyclic) bond motifs is 1. The zero-order valence-electron chi connectivity index (χ0n) is 12.2. The van der Waals surface area contributed by atoms with Gasteiger partial charge in [-0.1, -0.05) is 19.6 Å². The molecule has 6 nitrogen and oxygen atoms in total. The van der Waals surface area contributed by atoms with Gasteiger partial charge in [0.25, 0.3) is 0 Å². The molecule has 1 atom stereocenters. The predicted molar refractivity (Wildman–Crippen MR) is 76.9 cm³/mol. The van der Waals surface area contributed by atoms with Crippen molar-refractivity contribution in [3.05, 3.63) is 17.0 Å². The molecule has 0 aromatic carbocycles. The summed E-state index contributed by atoms with van der Waals surface area (Å²) < 4.78 is 11.3. The number of H-pyrrole nitrogens is 1.